The molecule has 162 valence electrons. The number of nitrogens with zero attached hydrogens (tertiary/aromatic N) is 2. The molecular formula is C23H16BrClFN3O3. The fraction of sp³-hybridized carbons (Fsp3) is 0.0870. The number of anilines is 1. The second-order valence-corrected chi connectivity index (χ2v) is 8.14. The zero-order valence-corrected chi connectivity index (χ0v) is 19.0. The van der Waals surface area contributed by atoms with E-state index in [0.717, 1.165) is 0 Å². The second kappa shape index (κ2) is 9.50. The maximum atomic E-state index is 13.9. The third-order valence-corrected chi connectivity index (χ3v) is 5.13. The Morgan fingerprint density at radius 3 is 2.56 bits per heavy atom. The lowest BCUT2D eigenvalue weighted by atomic mass is 10.2. The number of ether oxygens (including phenoxy) is 2. The van der Waals surface area contributed by atoms with Crippen molar-refractivity contribution < 1.29 is 18.7 Å². The number of nitrogens with one attached hydrogen (secondary N) is 1. The Bertz CT molecular complexity index is 1290. The molecule has 0 radical (unpaired) electrons. The lowest BCUT2D eigenvalue weighted by Crippen LogP contribution is -2.30. The van der Waals surface area contributed by atoms with Crippen LogP contribution < -0.4 is 14.8 Å². The summed E-state index contributed by atoms with van der Waals surface area (Å²) in [6.45, 7) is 1.58. The third kappa shape index (κ3) is 5.33. The number of halogens is 3. The van der Waals surface area contributed by atoms with Crippen molar-refractivity contribution in [2.24, 2.45) is 0 Å². The number of carbonyl (C=O) groups excluding carboxylic acids is 1. The normalized spacial score (nSPS) is 11.8. The van der Waals surface area contributed by atoms with Gasteiger partial charge in [-0.25, -0.2) is 14.4 Å². The molecule has 1 heterocycles. The highest BCUT2D eigenvalue weighted by molar-refractivity contribution is 9.10. The van der Waals surface area contributed by atoms with Crippen LogP contribution in [0.15, 0.2) is 71.3 Å². The Hall–Kier alpha value is -3.23. The Balaban J connectivity index is 1.37. The molecule has 0 aliphatic heterocycles. The first-order chi connectivity index (χ1) is 15.4. The highest BCUT2D eigenvalue weighted by Crippen LogP contribution is 2.25. The average Bonchev–Trinajstić information content (AvgIpc) is 2.77. The van der Waals surface area contributed by atoms with Crippen LogP contribution in [0, 0.1) is 5.82 Å². The molecule has 3 aromatic carbocycles. The fourth-order valence-corrected chi connectivity index (χ4v) is 3.31. The molecule has 0 fully saturated rings. The second-order valence-electron chi connectivity index (χ2n) is 6.79. The van der Waals surface area contributed by atoms with Gasteiger partial charge in [-0.05, 0) is 67.6 Å². The van der Waals surface area contributed by atoms with Gasteiger partial charge in [-0.2, -0.15) is 0 Å². The van der Waals surface area contributed by atoms with Crippen molar-refractivity contribution in [1.82, 2.24) is 9.97 Å². The zero-order valence-electron chi connectivity index (χ0n) is 16.7. The number of rotatable bonds is 6. The van der Waals surface area contributed by atoms with Crippen LogP contribution >= 0.6 is 27.5 Å². The largest absolute Gasteiger partial charge is 0.481 e. The molecule has 0 aliphatic rings. The van der Waals surface area contributed by atoms with E-state index in [1.165, 1.54) is 18.3 Å². The van der Waals surface area contributed by atoms with Crippen LogP contribution in [0.4, 0.5) is 10.1 Å². The number of hydrogen-bond donors (Lipinski definition) is 1. The smallest absolute Gasteiger partial charge is 0.265 e. The molecule has 0 aliphatic carbocycles. The van der Waals surface area contributed by atoms with Gasteiger partial charge in [0.05, 0.1) is 22.9 Å². The van der Waals surface area contributed by atoms with Crippen LogP contribution in [0.25, 0.3) is 11.0 Å². The quantitative estimate of drug-likeness (QED) is 0.322. The van der Waals surface area contributed by atoms with E-state index in [1.807, 2.05) is 0 Å². The maximum Gasteiger partial charge on any atom is 0.265 e. The van der Waals surface area contributed by atoms with Crippen molar-refractivity contribution in [1.29, 1.82) is 0 Å². The molecule has 4 rings (SSSR count). The minimum Gasteiger partial charge on any atom is -0.481 e. The summed E-state index contributed by atoms with van der Waals surface area (Å²) in [5.74, 6) is 0.293. The van der Waals surface area contributed by atoms with E-state index in [2.05, 4.69) is 31.2 Å². The number of amides is 1. The van der Waals surface area contributed by atoms with Crippen LogP contribution in [0.2, 0.25) is 5.02 Å². The highest BCUT2D eigenvalue weighted by Gasteiger charge is 2.17. The molecule has 32 heavy (non-hydrogen) atoms. The summed E-state index contributed by atoms with van der Waals surface area (Å²) in [5.41, 5.74) is 1.41. The highest BCUT2D eigenvalue weighted by atomic mass is 79.9. The van der Waals surface area contributed by atoms with Crippen LogP contribution in [0.1, 0.15) is 6.92 Å². The Morgan fingerprint density at radius 1 is 1.06 bits per heavy atom. The summed E-state index contributed by atoms with van der Waals surface area (Å²) in [5, 5.41) is 3.10. The van der Waals surface area contributed by atoms with Crippen molar-refractivity contribution in [3.8, 4) is 17.4 Å². The van der Waals surface area contributed by atoms with Crippen molar-refractivity contribution >= 4 is 50.2 Å². The molecule has 6 nitrogen and oxygen atoms in total. The molecule has 1 atom stereocenters. The number of fused-ring (bicyclic) bond motifs is 1. The number of aromatic nitrogens is 2. The molecule has 1 N–H and O–H groups in total. The summed E-state index contributed by atoms with van der Waals surface area (Å²) in [7, 11) is 0. The van der Waals surface area contributed by atoms with Gasteiger partial charge in [0.1, 0.15) is 17.3 Å². The van der Waals surface area contributed by atoms with Gasteiger partial charge in [-0.3, -0.25) is 4.79 Å². The number of benzene rings is 3. The van der Waals surface area contributed by atoms with E-state index in [-0.39, 0.29) is 5.69 Å². The number of carbonyl (C=O) groups is 1. The van der Waals surface area contributed by atoms with Gasteiger partial charge in [0, 0.05) is 9.50 Å². The van der Waals surface area contributed by atoms with E-state index in [0.29, 0.717) is 37.9 Å². The summed E-state index contributed by atoms with van der Waals surface area (Å²) in [6.07, 6.45) is 0.666. The van der Waals surface area contributed by atoms with Crippen molar-refractivity contribution in [3.05, 3.63) is 82.2 Å². The van der Waals surface area contributed by atoms with Crippen LogP contribution in [-0.2, 0) is 4.79 Å². The van der Waals surface area contributed by atoms with Crippen molar-refractivity contribution in [2.45, 2.75) is 13.0 Å². The topological polar surface area (TPSA) is 73.3 Å². The van der Waals surface area contributed by atoms with Gasteiger partial charge < -0.3 is 14.8 Å². The van der Waals surface area contributed by atoms with E-state index >= 15 is 0 Å². The van der Waals surface area contributed by atoms with E-state index in [9.17, 15) is 9.18 Å². The minimum absolute atomic E-state index is 0.0798. The maximum absolute atomic E-state index is 13.9. The molecular weight excluding hydrogens is 501 g/mol. The molecule has 9 heteroatoms. The predicted molar refractivity (Wildman–Crippen MR) is 124 cm³/mol. The van der Waals surface area contributed by atoms with Gasteiger partial charge in [0.25, 0.3) is 5.91 Å². The minimum atomic E-state index is -0.844. The monoisotopic (exact) mass is 515 g/mol. The first-order valence-electron chi connectivity index (χ1n) is 9.50. The third-order valence-electron chi connectivity index (χ3n) is 4.40. The Morgan fingerprint density at radius 2 is 1.81 bits per heavy atom. The lowest BCUT2D eigenvalue weighted by Gasteiger charge is -2.15. The van der Waals surface area contributed by atoms with Gasteiger partial charge in [0.15, 0.2) is 6.10 Å². The zero-order chi connectivity index (χ0) is 22.7. The molecule has 0 bridgehead atoms. The van der Waals surface area contributed by atoms with E-state index in [1.54, 1.807) is 55.5 Å². The first-order valence-corrected chi connectivity index (χ1v) is 10.7. The van der Waals surface area contributed by atoms with Crippen LogP contribution in [0.3, 0.4) is 0 Å². The fourth-order valence-electron chi connectivity index (χ4n) is 2.81. The summed E-state index contributed by atoms with van der Waals surface area (Å²) in [4.78, 5) is 21.0. The molecule has 4 aromatic rings. The molecule has 1 amide bonds. The Labute approximate surface area is 196 Å². The van der Waals surface area contributed by atoms with Gasteiger partial charge in [-0.1, -0.05) is 27.5 Å². The van der Waals surface area contributed by atoms with Crippen molar-refractivity contribution in [3.63, 3.8) is 0 Å². The molecule has 1 aromatic heterocycles. The van der Waals surface area contributed by atoms with E-state index in [4.69, 9.17) is 21.1 Å². The molecule has 0 spiro atoms. The molecule has 1 unspecified atom stereocenters. The van der Waals surface area contributed by atoms with Gasteiger partial charge in [0.2, 0.25) is 5.88 Å². The molecule has 0 saturated carbocycles. The summed E-state index contributed by atoms with van der Waals surface area (Å²) >= 11 is 9.13. The van der Waals surface area contributed by atoms with Gasteiger partial charge >= 0.3 is 0 Å². The molecule has 0 saturated heterocycles. The van der Waals surface area contributed by atoms with Crippen molar-refractivity contribution in [2.75, 3.05) is 5.32 Å². The van der Waals surface area contributed by atoms with Crippen LogP contribution in [-0.4, -0.2) is 22.0 Å². The SMILES string of the molecule is CC(Oc1ccc(Oc2cnc3cc(Cl)ccc3n2)cc1)C(=O)Nc1ccc(Br)cc1F. The van der Waals surface area contributed by atoms with E-state index < -0.39 is 17.8 Å². The first kappa shape index (κ1) is 22.0. The lowest BCUT2D eigenvalue weighted by molar-refractivity contribution is -0.122. The summed E-state index contributed by atoms with van der Waals surface area (Å²) < 4.78 is 25.9. The average molecular weight is 517 g/mol. The van der Waals surface area contributed by atoms with Gasteiger partial charge in [-0.15, -0.1) is 0 Å². The van der Waals surface area contributed by atoms with Crippen LogP contribution in [0.5, 0.6) is 17.4 Å². The Kier molecular flexibility index (Phi) is 6.53. The standard InChI is InChI=1S/C23H16BrClFN3O3/c1-13(23(30)29-19-8-2-14(24)10-18(19)26)31-16-4-6-17(7-5-16)32-22-12-27-21-11-15(25)3-9-20(21)28-22/h2-13H,1H3,(H,29,30). The predicted octanol–water partition coefficient (Wildman–Crippen LogP) is 6.38. The number of hydrogen-bond acceptors (Lipinski definition) is 5. The summed E-state index contributed by atoms with van der Waals surface area (Å²) in [6, 6.07) is 16.3.